The molecule has 0 fully saturated rings. The number of phenols is 1. The number of carbonyl (C=O) groups excluding carboxylic acids is 2. The molecule has 224 valence electrons. The molecule has 0 saturated carbocycles. The Bertz CT molecular complexity index is 1590. The summed E-state index contributed by atoms with van der Waals surface area (Å²) in [6, 6.07) is 20.4. The van der Waals surface area contributed by atoms with Crippen molar-refractivity contribution in [2.45, 2.75) is 32.4 Å². The first-order chi connectivity index (χ1) is 20.6. The summed E-state index contributed by atoms with van der Waals surface area (Å²) in [5, 5.41) is 13.8. The Balaban J connectivity index is 1.65. The van der Waals surface area contributed by atoms with Crippen LogP contribution in [-0.4, -0.2) is 54.4 Å². The quantitative estimate of drug-likeness (QED) is 0.137. The number of ether oxygens (including phenoxy) is 2. The largest absolute Gasteiger partial charge is 0.508 e. The first-order valence-electron chi connectivity index (χ1n) is 14.0. The van der Waals surface area contributed by atoms with Gasteiger partial charge < -0.3 is 25.6 Å². The average molecular weight is 602 g/mol. The zero-order valence-electron chi connectivity index (χ0n) is 24.4. The van der Waals surface area contributed by atoms with Gasteiger partial charge in [-0.25, -0.2) is 9.78 Å². The Kier molecular flexibility index (Phi) is 10.9. The van der Waals surface area contributed by atoms with Crippen molar-refractivity contribution in [1.29, 1.82) is 0 Å². The van der Waals surface area contributed by atoms with E-state index in [-0.39, 0.29) is 48.2 Å². The first-order valence-corrected chi connectivity index (χ1v) is 14.4. The molecule has 0 unspecified atom stereocenters. The molecule has 0 bridgehead atoms. The van der Waals surface area contributed by atoms with E-state index in [0.717, 1.165) is 16.7 Å². The Morgan fingerprint density at radius 1 is 0.977 bits per heavy atom. The number of hydrogen-bond donors (Lipinski definition) is 3. The zero-order valence-corrected chi connectivity index (χ0v) is 25.2. The van der Waals surface area contributed by atoms with Crippen molar-refractivity contribution in [3.8, 4) is 5.75 Å². The van der Waals surface area contributed by atoms with Crippen LogP contribution in [-0.2, 0) is 15.9 Å². The summed E-state index contributed by atoms with van der Waals surface area (Å²) in [4.78, 5) is 31.4. The van der Waals surface area contributed by atoms with E-state index in [9.17, 15) is 14.7 Å². The average Bonchev–Trinajstić information content (AvgIpc) is 2.99. The minimum Gasteiger partial charge on any atom is -0.508 e. The van der Waals surface area contributed by atoms with Crippen LogP contribution >= 0.6 is 11.6 Å². The molecule has 2 atom stereocenters. The second kappa shape index (κ2) is 14.8. The second-order valence-corrected chi connectivity index (χ2v) is 11.2. The maximum Gasteiger partial charge on any atom is 0.338 e. The molecule has 0 aliphatic heterocycles. The van der Waals surface area contributed by atoms with E-state index >= 15 is 0 Å². The number of methoxy groups -OCH3 is 1. The normalized spacial score (nSPS) is 12.9. The van der Waals surface area contributed by atoms with Gasteiger partial charge in [0.1, 0.15) is 18.1 Å². The van der Waals surface area contributed by atoms with Crippen LogP contribution in [0.15, 0.2) is 72.8 Å². The van der Waals surface area contributed by atoms with E-state index in [1.165, 1.54) is 6.07 Å². The van der Waals surface area contributed by atoms with Crippen molar-refractivity contribution in [1.82, 2.24) is 10.3 Å². The molecule has 1 heterocycles. The summed E-state index contributed by atoms with van der Waals surface area (Å²) >= 11 is 6.00. The molecule has 4 rings (SSSR count). The fourth-order valence-electron chi connectivity index (χ4n) is 4.37. The Morgan fingerprint density at radius 3 is 2.33 bits per heavy atom. The van der Waals surface area contributed by atoms with E-state index in [0.29, 0.717) is 22.3 Å². The number of fused-ring (bicyclic) bond motifs is 1. The van der Waals surface area contributed by atoms with Gasteiger partial charge >= 0.3 is 5.97 Å². The van der Waals surface area contributed by atoms with Crippen LogP contribution in [0.1, 0.15) is 51.4 Å². The van der Waals surface area contributed by atoms with Crippen LogP contribution < -0.4 is 11.1 Å². The number of benzene rings is 3. The topological polar surface area (TPSA) is 124 Å². The third kappa shape index (κ3) is 8.88. The maximum absolute atomic E-state index is 13.4. The number of nitrogens with two attached hydrogens (primary N) is 1. The summed E-state index contributed by atoms with van der Waals surface area (Å²) in [5.41, 5.74) is 9.60. The van der Waals surface area contributed by atoms with Gasteiger partial charge in [0.05, 0.1) is 23.7 Å². The highest BCUT2D eigenvalue weighted by Gasteiger charge is 2.21. The number of esters is 1. The predicted octanol–water partition coefficient (Wildman–Crippen LogP) is 5.89. The number of hydrogen-bond acceptors (Lipinski definition) is 7. The standard InChI is InChI=1S/C34H36ClN3O5/c1-21(2)30(36)20-43-34(41)29-18-32(33(40)37-26(19-42-3)16-23-8-13-27(39)14-9-23)38-31-15-10-24(17-28(29)31)5-4-22-6-11-25(35)12-7-22/h4-15,17-18,21,26,30,39H,16,19-20,36H2,1-3H3,(H,37,40)/b5-4+/t26-,30+/m0/s1. The van der Waals surface area contributed by atoms with Crippen molar-refractivity contribution < 1.29 is 24.2 Å². The lowest BCUT2D eigenvalue weighted by molar-refractivity contribution is 0.0465. The van der Waals surface area contributed by atoms with E-state index < -0.39 is 11.9 Å². The fraction of sp³-hybridized carbons (Fsp3) is 0.265. The predicted molar refractivity (Wildman–Crippen MR) is 170 cm³/mol. The van der Waals surface area contributed by atoms with Crippen LogP contribution in [0.4, 0.5) is 0 Å². The van der Waals surface area contributed by atoms with Gasteiger partial charge in [0.2, 0.25) is 0 Å². The number of carbonyl (C=O) groups is 2. The highest BCUT2D eigenvalue weighted by molar-refractivity contribution is 6.30. The third-order valence-corrected chi connectivity index (χ3v) is 7.26. The van der Waals surface area contributed by atoms with Crippen LogP contribution in [0.5, 0.6) is 5.75 Å². The summed E-state index contributed by atoms with van der Waals surface area (Å²) in [6.07, 6.45) is 4.33. The van der Waals surface area contributed by atoms with Gasteiger partial charge in [-0.05, 0) is 71.5 Å². The number of rotatable bonds is 12. The molecule has 4 N–H and O–H groups in total. The van der Waals surface area contributed by atoms with Crippen molar-refractivity contribution >= 4 is 46.5 Å². The molecular formula is C34H36ClN3O5. The number of halogens is 1. The number of aromatic hydroxyl groups is 1. The van der Waals surface area contributed by atoms with Crippen LogP contribution in [0, 0.1) is 5.92 Å². The first kappa shape index (κ1) is 31.7. The van der Waals surface area contributed by atoms with E-state index in [1.807, 2.05) is 62.4 Å². The number of nitrogens with one attached hydrogen (secondary N) is 1. The molecule has 9 heteroatoms. The van der Waals surface area contributed by atoms with Crippen molar-refractivity contribution in [3.63, 3.8) is 0 Å². The number of pyridine rings is 1. The van der Waals surface area contributed by atoms with E-state index in [2.05, 4.69) is 10.3 Å². The van der Waals surface area contributed by atoms with Crippen molar-refractivity contribution in [2.24, 2.45) is 11.7 Å². The van der Waals surface area contributed by atoms with Crippen molar-refractivity contribution in [2.75, 3.05) is 20.3 Å². The van der Waals surface area contributed by atoms with Gasteiger partial charge in [-0.1, -0.05) is 67.9 Å². The van der Waals surface area contributed by atoms with Crippen LogP contribution in [0.3, 0.4) is 0 Å². The third-order valence-electron chi connectivity index (χ3n) is 7.01. The Hall–Kier alpha value is -4.24. The van der Waals surface area contributed by atoms with Gasteiger partial charge in [-0.3, -0.25) is 4.79 Å². The molecule has 1 aromatic heterocycles. The molecule has 3 aromatic carbocycles. The number of aromatic nitrogens is 1. The Morgan fingerprint density at radius 2 is 1.65 bits per heavy atom. The van der Waals surface area contributed by atoms with Crippen LogP contribution in [0.2, 0.25) is 5.02 Å². The highest BCUT2D eigenvalue weighted by atomic mass is 35.5. The molecule has 0 radical (unpaired) electrons. The molecule has 0 aliphatic rings. The van der Waals surface area contributed by atoms with Gasteiger partial charge in [0, 0.05) is 23.6 Å². The highest BCUT2D eigenvalue weighted by Crippen LogP contribution is 2.23. The fourth-order valence-corrected chi connectivity index (χ4v) is 4.50. The van der Waals surface area contributed by atoms with E-state index in [4.69, 9.17) is 26.8 Å². The lowest BCUT2D eigenvalue weighted by atomic mass is 10.0. The Labute approximate surface area is 256 Å². The number of phenolic OH excluding ortho intramolecular Hbond substituents is 1. The van der Waals surface area contributed by atoms with Crippen LogP contribution in [0.25, 0.3) is 23.1 Å². The SMILES string of the molecule is COC[C@H](Cc1ccc(O)cc1)NC(=O)c1cc(C(=O)OC[C@@H](N)C(C)C)c2cc(/C=C/c3ccc(Cl)cc3)ccc2n1. The molecule has 1 amide bonds. The van der Waals surface area contributed by atoms with Gasteiger partial charge in [-0.2, -0.15) is 0 Å². The van der Waals surface area contributed by atoms with Crippen molar-refractivity contribution in [3.05, 3.63) is 106 Å². The molecule has 4 aromatic rings. The molecule has 0 aliphatic carbocycles. The smallest absolute Gasteiger partial charge is 0.338 e. The lowest BCUT2D eigenvalue weighted by Gasteiger charge is -2.19. The van der Waals surface area contributed by atoms with E-state index in [1.54, 1.807) is 37.4 Å². The molecular weight excluding hydrogens is 566 g/mol. The lowest BCUT2D eigenvalue weighted by Crippen LogP contribution is -2.40. The molecule has 0 spiro atoms. The number of nitrogens with zero attached hydrogens (tertiary/aromatic N) is 1. The maximum atomic E-state index is 13.4. The number of amides is 1. The zero-order chi connectivity index (χ0) is 30.9. The summed E-state index contributed by atoms with van der Waals surface area (Å²) in [5.74, 6) is -0.760. The molecule has 0 saturated heterocycles. The minimum absolute atomic E-state index is 0.0422. The monoisotopic (exact) mass is 601 g/mol. The summed E-state index contributed by atoms with van der Waals surface area (Å²) in [7, 11) is 1.55. The second-order valence-electron chi connectivity index (χ2n) is 10.7. The molecule has 8 nitrogen and oxygen atoms in total. The van der Waals surface area contributed by atoms with Gasteiger partial charge in [0.25, 0.3) is 5.91 Å². The summed E-state index contributed by atoms with van der Waals surface area (Å²) in [6.45, 7) is 4.21. The van der Waals surface area contributed by atoms with Gasteiger partial charge in [-0.15, -0.1) is 0 Å². The van der Waals surface area contributed by atoms with Gasteiger partial charge in [0.15, 0.2) is 0 Å². The molecule has 43 heavy (non-hydrogen) atoms. The summed E-state index contributed by atoms with van der Waals surface area (Å²) < 4.78 is 10.9. The minimum atomic E-state index is -0.589.